The predicted molar refractivity (Wildman–Crippen MR) is 156 cm³/mol. The molecule has 2 aromatic rings. The molecule has 3 aliphatic rings. The van der Waals surface area contributed by atoms with Crippen LogP contribution in [0.25, 0.3) is 0 Å². The molecule has 0 bridgehead atoms. The smallest absolute Gasteiger partial charge is 0.407 e. The largest absolute Gasteiger partial charge is 0.448 e. The lowest BCUT2D eigenvalue weighted by atomic mass is 9.81. The molecule has 41 heavy (non-hydrogen) atoms. The summed E-state index contributed by atoms with van der Waals surface area (Å²) >= 11 is 6.89. The van der Waals surface area contributed by atoms with Crippen LogP contribution in [-0.4, -0.2) is 45.9 Å². The lowest BCUT2D eigenvalue weighted by molar-refractivity contribution is -0.121. The molecule has 2 aliphatic heterocycles. The highest BCUT2D eigenvalue weighted by molar-refractivity contribution is 6.34. The summed E-state index contributed by atoms with van der Waals surface area (Å²) < 4.78 is 18.4. The van der Waals surface area contributed by atoms with Crippen LogP contribution >= 0.6 is 11.6 Å². The van der Waals surface area contributed by atoms with Crippen LogP contribution in [0.1, 0.15) is 91.7 Å². The van der Waals surface area contributed by atoms with Gasteiger partial charge in [0.2, 0.25) is 0 Å². The maximum Gasteiger partial charge on any atom is 0.407 e. The van der Waals surface area contributed by atoms with Crippen molar-refractivity contribution < 1.29 is 23.8 Å². The van der Waals surface area contributed by atoms with Crippen LogP contribution in [0.3, 0.4) is 0 Å². The highest BCUT2D eigenvalue weighted by Gasteiger charge is 2.48. The SMILES string of the molecule is Cc1cc(C)c(CN2CCc3c(Cl)c4c(c(C)c3C2=O)OC(C)(C2CCC(NC(=O)OC(C)(C)C)CC2)O4)c(=O)[nH]1. The van der Waals surface area contributed by atoms with Gasteiger partial charge in [0.05, 0.1) is 17.1 Å². The summed E-state index contributed by atoms with van der Waals surface area (Å²) in [5, 5.41) is 3.40. The molecule has 1 saturated carbocycles. The number of aryl methyl sites for hydroxylation is 2. The molecule has 0 saturated heterocycles. The second-order valence-corrected chi connectivity index (χ2v) is 13.2. The van der Waals surface area contributed by atoms with Crippen molar-refractivity contribution in [3.8, 4) is 11.5 Å². The number of aromatic nitrogens is 1. The Bertz CT molecular complexity index is 1450. The van der Waals surface area contributed by atoms with Crippen LogP contribution in [0.5, 0.6) is 11.5 Å². The summed E-state index contributed by atoms with van der Waals surface area (Å²) in [4.78, 5) is 43.2. The number of halogens is 1. The van der Waals surface area contributed by atoms with Crippen molar-refractivity contribution >= 4 is 23.6 Å². The molecule has 10 heteroatoms. The van der Waals surface area contributed by atoms with E-state index in [-0.39, 0.29) is 30.0 Å². The number of carbonyl (C=O) groups is 2. The molecule has 3 heterocycles. The van der Waals surface area contributed by atoms with Gasteiger partial charge in [0.15, 0.2) is 11.5 Å². The summed E-state index contributed by atoms with van der Waals surface area (Å²) in [6.45, 7) is 13.7. The molecular weight excluding hydrogens is 546 g/mol. The van der Waals surface area contributed by atoms with E-state index in [0.29, 0.717) is 46.2 Å². The van der Waals surface area contributed by atoms with Crippen LogP contribution in [0.15, 0.2) is 10.9 Å². The molecule has 0 radical (unpaired) electrons. The van der Waals surface area contributed by atoms with Crippen molar-refractivity contribution in [1.82, 2.24) is 15.2 Å². The minimum Gasteiger partial charge on any atom is -0.448 e. The second kappa shape index (κ2) is 10.6. The van der Waals surface area contributed by atoms with E-state index >= 15 is 0 Å². The van der Waals surface area contributed by atoms with E-state index in [4.69, 9.17) is 25.8 Å². The molecule has 2 amide bonds. The van der Waals surface area contributed by atoms with E-state index in [1.54, 1.807) is 4.90 Å². The average molecular weight is 586 g/mol. The Kier molecular flexibility index (Phi) is 7.55. The van der Waals surface area contributed by atoms with Crippen molar-refractivity contribution in [1.29, 1.82) is 0 Å². The number of rotatable bonds is 4. The fourth-order valence-corrected chi connectivity index (χ4v) is 6.66. The number of carbonyl (C=O) groups excluding carboxylic acids is 2. The second-order valence-electron chi connectivity index (χ2n) is 12.8. The van der Waals surface area contributed by atoms with Gasteiger partial charge in [0.1, 0.15) is 5.60 Å². The highest BCUT2D eigenvalue weighted by atomic mass is 35.5. The number of aromatic amines is 1. The van der Waals surface area contributed by atoms with E-state index in [0.717, 1.165) is 42.5 Å². The molecule has 1 aliphatic carbocycles. The number of hydrogen-bond donors (Lipinski definition) is 2. The Morgan fingerprint density at radius 2 is 1.80 bits per heavy atom. The van der Waals surface area contributed by atoms with Gasteiger partial charge in [0, 0.05) is 42.2 Å². The van der Waals surface area contributed by atoms with Crippen LogP contribution in [-0.2, 0) is 17.7 Å². The lowest BCUT2D eigenvalue weighted by Gasteiger charge is -2.37. The van der Waals surface area contributed by atoms with E-state index < -0.39 is 17.5 Å². The number of nitrogens with one attached hydrogen (secondary N) is 2. The number of hydrogen-bond acceptors (Lipinski definition) is 6. The number of pyridine rings is 1. The van der Waals surface area contributed by atoms with Crippen molar-refractivity contribution in [2.45, 2.75) is 105 Å². The highest BCUT2D eigenvalue weighted by Crippen LogP contribution is 2.53. The minimum absolute atomic E-state index is 0.0270. The van der Waals surface area contributed by atoms with E-state index in [1.165, 1.54) is 0 Å². The summed E-state index contributed by atoms with van der Waals surface area (Å²) in [6.07, 6.45) is 3.28. The van der Waals surface area contributed by atoms with E-state index in [9.17, 15) is 14.4 Å². The van der Waals surface area contributed by atoms with Crippen LogP contribution in [0.4, 0.5) is 4.79 Å². The Labute approximate surface area is 245 Å². The summed E-state index contributed by atoms with van der Waals surface area (Å²) in [5.74, 6) is -0.0373. The first kappa shape index (κ1) is 29.3. The number of H-pyrrole nitrogens is 1. The maximum atomic E-state index is 13.8. The van der Waals surface area contributed by atoms with Gasteiger partial charge in [-0.1, -0.05) is 11.6 Å². The third-order valence-corrected chi connectivity index (χ3v) is 8.86. The monoisotopic (exact) mass is 585 g/mol. The molecule has 5 rings (SSSR count). The zero-order valence-electron chi connectivity index (χ0n) is 25.0. The molecule has 2 N–H and O–H groups in total. The predicted octanol–water partition coefficient (Wildman–Crippen LogP) is 5.72. The van der Waals surface area contributed by atoms with Gasteiger partial charge < -0.3 is 29.4 Å². The number of nitrogens with zero attached hydrogens (tertiary/aromatic N) is 1. The molecule has 222 valence electrons. The van der Waals surface area contributed by atoms with Crippen LogP contribution < -0.4 is 20.3 Å². The van der Waals surface area contributed by atoms with Crippen molar-refractivity contribution in [3.05, 3.63) is 55.0 Å². The third kappa shape index (κ3) is 5.65. The standard InChI is InChI=1S/C31H40ClN3O6/c1-16-14-17(2)33-27(36)22(16)15-35-13-12-21-23(28(35)37)18(3)25-26(24(21)32)40-31(7,39-25)19-8-10-20(11-9-19)34-29(38)41-30(4,5)6/h14,19-20H,8-13,15H2,1-7H3,(H,33,36)(H,34,38). The molecule has 1 atom stereocenters. The number of amides is 2. The molecule has 1 unspecified atom stereocenters. The Morgan fingerprint density at radius 3 is 2.44 bits per heavy atom. The van der Waals surface area contributed by atoms with Gasteiger partial charge in [-0.15, -0.1) is 0 Å². The first-order chi connectivity index (χ1) is 19.2. The maximum absolute atomic E-state index is 13.8. The molecule has 1 fully saturated rings. The van der Waals surface area contributed by atoms with Gasteiger partial charge >= 0.3 is 6.09 Å². The molecule has 0 spiro atoms. The zero-order valence-corrected chi connectivity index (χ0v) is 25.7. The van der Waals surface area contributed by atoms with E-state index in [2.05, 4.69) is 10.3 Å². The third-order valence-electron chi connectivity index (χ3n) is 8.46. The van der Waals surface area contributed by atoms with Crippen molar-refractivity contribution in [2.75, 3.05) is 6.54 Å². The summed E-state index contributed by atoms with van der Waals surface area (Å²) in [7, 11) is 0. The normalized spacial score (nSPS) is 23.8. The van der Waals surface area contributed by atoms with Crippen molar-refractivity contribution in [3.63, 3.8) is 0 Å². The van der Waals surface area contributed by atoms with Gasteiger partial charge in [-0.2, -0.15) is 0 Å². The van der Waals surface area contributed by atoms with Crippen LogP contribution in [0.2, 0.25) is 5.02 Å². The van der Waals surface area contributed by atoms with Gasteiger partial charge in [-0.05, 0) is 90.8 Å². The van der Waals surface area contributed by atoms with Gasteiger partial charge in [-0.25, -0.2) is 4.79 Å². The van der Waals surface area contributed by atoms with Crippen LogP contribution in [0, 0.1) is 26.7 Å². The molecule has 1 aromatic carbocycles. The lowest BCUT2D eigenvalue weighted by Crippen LogP contribution is -2.48. The first-order valence-corrected chi connectivity index (χ1v) is 14.8. The molecular formula is C31H40ClN3O6. The Balaban J connectivity index is 1.32. The Hall–Kier alpha value is -3.20. The average Bonchev–Trinajstić information content (AvgIpc) is 3.24. The number of fused-ring (bicyclic) bond motifs is 2. The Morgan fingerprint density at radius 1 is 1.15 bits per heavy atom. The van der Waals surface area contributed by atoms with E-state index in [1.807, 2.05) is 54.5 Å². The fourth-order valence-electron chi connectivity index (χ4n) is 6.35. The summed E-state index contributed by atoms with van der Waals surface area (Å²) in [5.41, 5.74) is 3.51. The first-order valence-electron chi connectivity index (χ1n) is 14.4. The minimum atomic E-state index is -0.938. The number of ether oxygens (including phenoxy) is 3. The van der Waals surface area contributed by atoms with Gasteiger partial charge in [-0.3, -0.25) is 9.59 Å². The topological polar surface area (TPSA) is 110 Å². The molecule has 9 nitrogen and oxygen atoms in total. The van der Waals surface area contributed by atoms with Crippen molar-refractivity contribution in [2.24, 2.45) is 5.92 Å². The van der Waals surface area contributed by atoms with Gasteiger partial charge in [0.25, 0.3) is 17.3 Å². The zero-order chi connectivity index (χ0) is 29.9. The number of benzene rings is 1. The fraction of sp³-hybridized carbons (Fsp3) is 0.581. The number of alkyl carbamates (subject to hydrolysis) is 1. The summed E-state index contributed by atoms with van der Waals surface area (Å²) in [6, 6.07) is 1.94. The quantitative estimate of drug-likeness (QED) is 0.475. The molecule has 1 aromatic heterocycles.